The number of carbonyl (C=O) groups excluding carboxylic acids is 2. The van der Waals surface area contributed by atoms with Gasteiger partial charge in [0.25, 0.3) is 0 Å². The van der Waals surface area contributed by atoms with E-state index in [1.54, 1.807) is 18.2 Å². The molecule has 0 saturated heterocycles. The van der Waals surface area contributed by atoms with Gasteiger partial charge in [-0.15, -0.1) is 0 Å². The average molecular weight is 232 g/mol. The van der Waals surface area contributed by atoms with Gasteiger partial charge >= 0.3 is 0 Å². The van der Waals surface area contributed by atoms with E-state index in [-0.39, 0.29) is 11.8 Å². The van der Waals surface area contributed by atoms with Crippen molar-refractivity contribution in [2.45, 2.75) is 19.9 Å². The zero-order valence-electron chi connectivity index (χ0n) is 9.77. The van der Waals surface area contributed by atoms with E-state index in [4.69, 9.17) is 5.73 Å². The first-order valence-corrected chi connectivity index (χ1v) is 5.74. The number of rotatable bonds is 4. The molecule has 1 aromatic rings. The summed E-state index contributed by atoms with van der Waals surface area (Å²) >= 11 is 0. The molecule has 4 nitrogen and oxygen atoms in total. The predicted octanol–water partition coefficient (Wildman–Crippen LogP) is 1.06. The molecule has 0 aromatic heterocycles. The first kappa shape index (κ1) is 11.6. The topological polar surface area (TPSA) is 72.2 Å². The van der Waals surface area contributed by atoms with Crippen molar-refractivity contribution in [1.82, 2.24) is 5.32 Å². The fraction of sp³-hybridized carbons (Fsp3) is 0.385. The molecule has 1 aromatic carbocycles. The first-order valence-electron chi connectivity index (χ1n) is 5.74. The molecule has 0 aliphatic heterocycles. The summed E-state index contributed by atoms with van der Waals surface area (Å²) in [6, 6.07) is 7.00. The van der Waals surface area contributed by atoms with Crippen molar-refractivity contribution < 1.29 is 9.59 Å². The minimum atomic E-state index is -0.450. The summed E-state index contributed by atoms with van der Waals surface area (Å²) in [7, 11) is 0. The van der Waals surface area contributed by atoms with Crippen molar-refractivity contribution in [1.29, 1.82) is 0 Å². The van der Waals surface area contributed by atoms with Gasteiger partial charge in [0.1, 0.15) is 0 Å². The third-order valence-electron chi connectivity index (χ3n) is 3.12. The molecule has 4 heteroatoms. The third kappa shape index (κ3) is 2.84. The van der Waals surface area contributed by atoms with Gasteiger partial charge in [0.15, 0.2) is 0 Å². The van der Waals surface area contributed by atoms with E-state index < -0.39 is 5.91 Å². The molecule has 2 rings (SSSR count). The average Bonchev–Trinajstić information content (AvgIpc) is 3.04. The Hall–Kier alpha value is -1.84. The lowest BCUT2D eigenvalue weighted by Crippen LogP contribution is -2.25. The molecule has 0 bridgehead atoms. The third-order valence-corrected chi connectivity index (χ3v) is 3.12. The number of hydrogen-bond acceptors (Lipinski definition) is 2. The molecule has 0 radical (unpaired) electrons. The van der Waals surface area contributed by atoms with Crippen molar-refractivity contribution >= 4 is 11.8 Å². The van der Waals surface area contributed by atoms with Gasteiger partial charge in [0, 0.05) is 18.0 Å². The SMILES string of the molecule is C[C@@H]1C[C@H]1C(=O)NCc1cccc(C(N)=O)c1. The van der Waals surface area contributed by atoms with Crippen LogP contribution in [0, 0.1) is 11.8 Å². The van der Waals surface area contributed by atoms with Crippen molar-refractivity contribution in [2.24, 2.45) is 17.6 Å². The molecule has 0 unspecified atom stereocenters. The van der Waals surface area contributed by atoms with Gasteiger partial charge < -0.3 is 11.1 Å². The summed E-state index contributed by atoms with van der Waals surface area (Å²) < 4.78 is 0. The Morgan fingerprint density at radius 2 is 2.18 bits per heavy atom. The normalized spacial score (nSPS) is 21.9. The van der Waals surface area contributed by atoms with Crippen LogP contribution in [0.25, 0.3) is 0 Å². The summed E-state index contributed by atoms with van der Waals surface area (Å²) in [5, 5.41) is 2.87. The summed E-state index contributed by atoms with van der Waals surface area (Å²) in [6.07, 6.45) is 0.979. The van der Waals surface area contributed by atoms with Crippen molar-refractivity contribution in [3.8, 4) is 0 Å². The van der Waals surface area contributed by atoms with Crippen LogP contribution < -0.4 is 11.1 Å². The maximum absolute atomic E-state index is 11.6. The van der Waals surface area contributed by atoms with Crippen LogP contribution in [-0.4, -0.2) is 11.8 Å². The summed E-state index contributed by atoms with van der Waals surface area (Å²) in [5.74, 6) is 0.331. The van der Waals surface area contributed by atoms with Crippen LogP contribution >= 0.6 is 0 Å². The van der Waals surface area contributed by atoms with E-state index in [2.05, 4.69) is 12.2 Å². The van der Waals surface area contributed by atoms with Crippen LogP contribution in [0.1, 0.15) is 29.3 Å². The molecular formula is C13H16N2O2. The lowest BCUT2D eigenvalue weighted by Gasteiger charge is -2.05. The van der Waals surface area contributed by atoms with Gasteiger partial charge in [0.05, 0.1) is 0 Å². The van der Waals surface area contributed by atoms with Gasteiger partial charge in [0.2, 0.25) is 11.8 Å². The van der Waals surface area contributed by atoms with Crippen molar-refractivity contribution in [2.75, 3.05) is 0 Å². The fourth-order valence-electron chi connectivity index (χ4n) is 1.84. The lowest BCUT2D eigenvalue weighted by atomic mass is 10.1. The first-order chi connectivity index (χ1) is 8.08. The second-order valence-electron chi connectivity index (χ2n) is 4.60. The highest BCUT2D eigenvalue weighted by molar-refractivity contribution is 5.92. The quantitative estimate of drug-likeness (QED) is 0.814. The number of nitrogens with one attached hydrogen (secondary N) is 1. The van der Waals surface area contributed by atoms with Crippen LogP contribution in [0.2, 0.25) is 0 Å². The summed E-state index contributed by atoms with van der Waals surface area (Å²) in [5.41, 5.74) is 6.55. The maximum Gasteiger partial charge on any atom is 0.248 e. The fourth-order valence-corrected chi connectivity index (χ4v) is 1.84. The van der Waals surface area contributed by atoms with E-state index in [1.165, 1.54) is 0 Å². The molecule has 1 aliphatic rings. The monoisotopic (exact) mass is 232 g/mol. The molecule has 90 valence electrons. The number of primary amides is 1. The molecule has 1 aliphatic carbocycles. The predicted molar refractivity (Wildman–Crippen MR) is 64.1 cm³/mol. The number of benzene rings is 1. The smallest absolute Gasteiger partial charge is 0.248 e. The maximum atomic E-state index is 11.6. The highest BCUT2D eigenvalue weighted by Crippen LogP contribution is 2.37. The Bertz CT molecular complexity index is 456. The van der Waals surface area contributed by atoms with E-state index in [0.29, 0.717) is 18.0 Å². The zero-order valence-corrected chi connectivity index (χ0v) is 9.77. The Kier molecular flexibility index (Phi) is 3.13. The van der Waals surface area contributed by atoms with Crippen molar-refractivity contribution in [3.05, 3.63) is 35.4 Å². The Morgan fingerprint density at radius 1 is 1.47 bits per heavy atom. The molecule has 1 saturated carbocycles. The molecule has 17 heavy (non-hydrogen) atoms. The van der Waals surface area contributed by atoms with E-state index in [1.807, 2.05) is 6.07 Å². The van der Waals surface area contributed by atoms with Gasteiger partial charge in [-0.2, -0.15) is 0 Å². The standard InChI is InChI=1S/C13H16N2O2/c1-8-5-11(8)13(17)15-7-9-3-2-4-10(6-9)12(14)16/h2-4,6,8,11H,5,7H2,1H3,(H2,14,16)(H,15,17)/t8-,11-/m1/s1. The van der Waals surface area contributed by atoms with E-state index in [0.717, 1.165) is 12.0 Å². The second-order valence-corrected chi connectivity index (χ2v) is 4.60. The van der Waals surface area contributed by atoms with Crippen LogP contribution in [0.5, 0.6) is 0 Å². The summed E-state index contributed by atoms with van der Waals surface area (Å²) in [4.78, 5) is 22.6. The molecular weight excluding hydrogens is 216 g/mol. The van der Waals surface area contributed by atoms with Crippen LogP contribution in [0.15, 0.2) is 24.3 Å². The Labute approximate surface area is 100 Å². The van der Waals surface area contributed by atoms with Crippen LogP contribution in [0.4, 0.5) is 0 Å². The Morgan fingerprint density at radius 3 is 2.76 bits per heavy atom. The van der Waals surface area contributed by atoms with Gasteiger partial charge in [-0.05, 0) is 30.0 Å². The number of amides is 2. The number of hydrogen-bond donors (Lipinski definition) is 2. The van der Waals surface area contributed by atoms with Gasteiger partial charge in [-0.25, -0.2) is 0 Å². The zero-order chi connectivity index (χ0) is 12.4. The number of carbonyl (C=O) groups is 2. The van der Waals surface area contributed by atoms with E-state index >= 15 is 0 Å². The largest absolute Gasteiger partial charge is 0.366 e. The highest BCUT2D eigenvalue weighted by atomic mass is 16.2. The minimum Gasteiger partial charge on any atom is -0.366 e. The molecule has 0 heterocycles. The number of nitrogens with two attached hydrogens (primary N) is 1. The van der Waals surface area contributed by atoms with Crippen LogP contribution in [0.3, 0.4) is 0 Å². The summed E-state index contributed by atoms with van der Waals surface area (Å²) in [6.45, 7) is 2.52. The minimum absolute atomic E-state index is 0.0991. The lowest BCUT2D eigenvalue weighted by molar-refractivity contribution is -0.122. The van der Waals surface area contributed by atoms with Crippen molar-refractivity contribution in [3.63, 3.8) is 0 Å². The molecule has 1 fully saturated rings. The van der Waals surface area contributed by atoms with Crippen LogP contribution in [-0.2, 0) is 11.3 Å². The molecule has 2 atom stereocenters. The molecule has 2 amide bonds. The van der Waals surface area contributed by atoms with Gasteiger partial charge in [-0.3, -0.25) is 9.59 Å². The highest BCUT2D eigenvalue weighted by Gasteiger charge is 2.38. The Balaban J connectivity index is 1.92. The molecule has 0 spiro atoms. The van der Waals surface area contributed by atoms with E-state index in [9.17, 15) is 9.59 Å². The second kappa shape index (κ2) is 4.57. The van der Waals surface area contributed by atoms with Gasteiger partial charge in [-0.1, -0.05) is 19.1 Å². The molecule has 3 N–H and O–H groups in total.